The topological polar surface area (TPSA) is 83.0 Å². The molecule has 0 fully saturated rings. The van der Waals surface area contributed by atoms with Gasteiger partial charge in [0.15, 0.2) is 5.69 Å². The van der Waals surface area contributed by atoms with Gasteiger partial charge in [0.25, 0.3) is 0 Å². The minimum Gasteiger partial charge on any atom is -0.454 e. The number of aromatic nitrogens is 4. The molecule has 0 saturated carbocycles. The third-order valence-corrected chi connectivity index (χ3v) is 5.22. The van der Waals surface area contributed by atoms with Crippen molar-refractivity contribution in [3.8, 4) is 17.1 Å². The molecule has 0 saturated heterocycles. The molecule has 0 amide bonds. The summed E-state index contributed by atoms with van der Waals surface area (Å²) in [5, 5.41) is 8.07. The van der Waals surface area contributed by atoms with Gasteiger partial charge in [0.05, 0.1) is 11.4 Å². The van der Waals surface area contributed by atoms with Crippen LogP contribution >= 0.6 is 15.9 Å². The van der Waals surface area contributed by atoms with E-state index in [1.807, 2.05) is 55.5 Å². The van der Waals surface area contributed by atoms with Crippen molar-refractivity contribution in [2.24, 2.45) is 0 Å². The summed E-state index contributed by atoms with van der Waals surface area (Å²) in [6, 6.07) is 15.4. The average Bonchev–Trinajstić information content (AvgIpc) is 3.30. The molecular weight excluding hydrogens is 448 g/mol. The third-order valence-electron chi connectivity index (χ3n) is 4.69. The van der Waals surface area contributed by atoms with Crippen LogP contribution in [-0.4, -0.2) is 25.9 Å². The van der Waals surface area contributed by atoms with E-state index in [1.165, 1.54) is 0 Å². The highest BCUT2D eigenvalue weighted by Crippen LogP contribution is 2.23. The van der Waals surface area contributed by atoms with Gasteiger partial charge in [-0.2, -0.15) is 0 Å². The molecule has 0 aliphatic carbocycles. The monoisotopic (exact) mass is 466 g/mol. The maximum Gasteiger partial charge on any atom is 0.361 e. The zero-order valence-electron chi connectivity index (χ0n) is 16.7. The molecular formula is C22H19BrN4O3. The summed E-state index contributed by atoms with van der Waals surface area (Å²) in [5.41, 5.74) is 4.16. The number of benzene rings is 2. The van der Waals surface area contributed by atoms with E-state index in [0.717, 1.165) is 21.3 Å². The number of carbonyl (C=O) groups is 1. The van der Waals surface area contributed by atoms with Crippen molar-refractivity contribution >= 4 is 21.9 Å². The molecule has 0 N–H and O–H groups in total. The van der Waals surface area contributed by atoms with Gasteiger partial charge < -0.3 is 9.15 Å². The minimum atomic E-state index is -0.560. The number of nitrogens with zero attached hydrogens (tertiary/aromatic N) is 4. The van der Waals surface area contributed by atoms with Crippen LogP contribution in [0.3, 0.4) is 0 Å². The lowest BCUT2D eigenvalue weighted by Crippen LogP contribution is -2.09. The van der Waals surface area contributed by atoms with Crippen LogP contribution in [0.1, 0.15) is 33.2 Å². The number of oxazole rings is 1. The highest BCUT2D eigenvalue weighted by Gasteiger charge is 2.20. The first-order chi connectivity index (χ1) is 14.4. The van der Waals surface area contributed by atoms with Gasteiger partial charge in [-0.15, -0.1) is 5.10 Å². The van der Waals surface area contributed by atoms with Crippen molar-refractivity contribution in [3.05, 3.63) is 81.4 Å². The van der Waals surface area contributed by atoms with Gasteiger partial charge in [-0.3, -0.25) is 0 Å². The van der Waals surface area contributed by atoms with E-state index in [1.54, 1.807) is 18.5 Å². The lowest BCUT2D eigenvalue weighted by Gasteiger charge is -2.04. The first-order valence-corrected chi connectivity index (χ1v) is 10.1. The van der Waals surface area contributed by atoms with Gasteiger partial charge in [0.1, 0.15) is 18.1 Å². The van der Waals surface area contributed by atoms with Crippen molar-refractivity contribution in [1.82, 2.24) is 20.0 Å². The van der Waals surface area contributed by atoms with Crippen molar-refractivity contribution < 1.29 is 13.9 Å². The molecule has 152 valence electrons. The molecule has 0 spiro atoms. The highest BCUT2D eigenvalue weighted by molar-refractivity contribution is 9.10. The number of aryl methyl sites for hydroxylation is 2. The Morgan fingerprint density at radius 2 is 1.77 bits per heavy atom. The van der Waals surface area contributed by atoms with Crippen LogP contribution in [0.4, 0.5) is 0 Å². The molecule has 0 bridgehead atoms. The Morgan fingerprint density at radius 3 is 2.47 bits per heavy atom. The molecule has 0 unspecified atom stereocenters. The van der Waals surface area contributed by atoms with Crippen LogP contribution in [-0.2, 0) is 11.3 Å². The predicted molar refractivity (Wildman–Crippen MR) is 114 cm³/mol. The maximum absolute atomic E-state index is 12.6. The predicted octanol–water partition coefficient (Wildman–Crippen LogP) is 4.97. The summed E-state index contributed by atoms with van der Waals surface area (Å²) in [4.78, 5) is 17.0. The van der Waals surface area contributed by atoms with E-state index < -0.39 is 5.97 Å². The Bertz CT molecular complexity index is 1190. The van der Waals surface area contributed by atoms with Crippen LogP contribution in [0.15, 0.2) is 57.4 Å². The zero-order valence-corrected chi connectivity index (χ0v) is 18.3. The lowest BCUT2D eigenvalue weighted by atomic mass is 10.1. The second kappa shape index (κ2) is 8.23. The second-order valence-corrected chi connectivity index (χ2v) is 7.79. The first-order valence-electron chi connectivity index (χ1n) is 9.31. The Hall–Kier alpha value is -3.26. The maximum atomic E-state index is 12.6. The highest BCUT2D eigenvalue weighted by atomic mass is 79.9. The summed E-state index contributed by atoms with van der Waals surface area (Å²) in [5.74, 6) is 0.541. The summed E-state index contributed by atoms with van der Waals surface area (Å²) in [6.45, 7) is 5.58. The second-order valence-electron chi connectivity index (χ2n) is 6.88. The molecule has 8 heteroatoms. The van der Waals surface area contributed by atoms with Gasteiger partial charge >= 0.3 is 5.97 Å². The van der Waals surface area contributed by atoms with Crippen molar-refractivity contribution in [3.63, 3.8) is 0 Å². The first kappa shape index (κ1) is 20.0. The van der Waals surface area contributed by atoms with Gasteiger partial charge in [-0.25, -0.2) is 14.5 Å². The number of halogens is 1. The largest absolute Gasteiger partial charge is 0.454 e. The van der Waals surface area contributed by atoms with E-state index >= 15 is 0 Å². The van der Waals surface area contributed by atoms with E-state index in [4.69, 9.17) is 9.15 Å². The zero-order chi connectivity index (χ0) is 21.3. The lowest BCUT2D eigenvalue weighted by molar-refractivity contribution is 0.0459. The number of carbonyl (C=O) groups excluding carboxylic acids is 1. The summed E-state index contributed by atoms with van der Waals surface area (Å²) in [6.07, 6.45) is 0. The van der Waals surface area contributed by atoms with Gasteiger partial charge in [-0.1, -0.05) is 38.8 Å². The fourth-order valence-corrected chi connectivity index (χ4v) is 3.19. The van der Waals surface area contributed by atoms with Crippen LogP contribution in [0, 0.1) is 20.8 Å². The molecule has 7 nitrogen and oxygen atoms in total. The van der Waals surface area contributed by atoms with Crippen molar-refractivity contribution in [2.75, 3.05) is 0 Å². The molecule has 4 rings (SSSR count). The van der Waals surface area contributed by atoms with E-state index in [-0.39, 0.29) is 12.3 Å². The van der Waals surface area contributed by atoms with Crippen LogP contribution < -0.4 is 0 Å². The van der Waals surface area contributed by atoms with E-state index in [0.29, 0.717) is 23.0 Å². The van der Waals surface area contributed by atoms with Gasteiger partial charge in [-0.05, 0) is 57.2 Å². The Labute approximate surface area is 181 Å². The van der Waals surface area contributed by atoms with Crippen molar-refractivity contribution in [1.29, 1.82) is 0 Å². The molecule has 2 heterocycles. The Morgan fingerprint density at radius 1 is 1.07 bits per heavy atom. The number of hydrogen-bond acceptors (Lipinski definition) is 6. The SMILES string of the molecule is Cc1ccc(-c2nc(COC(=O)c3nnn(-c4ccc(Br)cc4)c3C)c(C)o2)cc1. The molecule has 0 aliphatic rings. The van der Waals surface area contributed by atoms with Crippen molar-refractivity contribution in [2.45, 2.75) is 27.4 Å². The molecule has 2 aromatic heterocycles. The normalized spacial score (nSPS) is 10.9. The van der Waals surface area contributed by atoms with E-state index in [9.17, 15) is 4.79 Å². The Kier molecular flexibility index (Phi) is 5.50. The Balaban J connectivity index is 1.48. The fourth-order valence-electron chi connectivity index (χ4n) is 2.93. The number of hydrogen-bond donors (Lipinski definition) is 0. The van der Waals surface area contributed by atoms with E-state index in [2.05, 4.69) is 31.2 Å². The molecule has 2 aromatic carbocycles. The standard InChI is InChI=1S/C22H19BrN4O3/c1-13-4-6-16(7-5-13)21-24-19(15(3)30-21)12-29-22(28)20-14(2)27(26-25-20)18-10-8-17(23)9-11-18/h4-11H,12H2,1-3H3. The number of ether oxygens (including phenoxy) is 1. The van der Waals surface area contributed by atoms with Gasteiger partial charge in [0, 0.05) is 10.0 Å². The summed E-state index contributed by atoms with van der Waals surface area (Å²) >= 11 is 3.40. The quantitative estimate of drug-likeness (QED) is 0.386. The molecule has 0 radical (unpaired) electrons. The summed E-state index contributed by atoms with van der Waals surface area (Å²) in [7, 11) is 0. The van der Waals surface area contributed by atoms with Crippen LogP contribution in [0.25, 0.3) is 17.1 Å². The molecule has 0 atom stereocenters. The molecule has 4 aromatic rings. The number of esters is 1. The molecule has 0 aliphatic heterocycles. The van der Waals surface area contributed by atoms with Gasteiger partial charge in [0.2, 0.25) is 5.89 Å². The van der Waals surface area contributed by atoms with Crippen LogP contribution in [0.2, 0.25) is 0 Å². The smallest absolute Gasteiger partial charge is 0.361 e. The average molecular weight is 467 g/mol. The third kappa shape index (κ3) is 4.04. The minimum absolute atomic E-state index is 0.00931. The van der Waals surface area contributed by atoms with Crippen LogP contribution in [0.5, 0.6) is 0 Å². The molecule has 30 heavy (non-hydrogen) atoms. The summed E-state index contributed by atoms with van der Waals surface area (Å²) < 4.78 is 13.7. The fraction of sp³-hybridized carbons (Fsp3) is 0.182. The number of rotatable bonds is 5.